The number of fused-ring (bicyclic) bond motifs is 1. The molecule has 1 atom stereocenters. The van der Waals surface area contributed by atoms with Crippen LogP contribution in [0.15, 0.2) is 59.4 Å². The smallest absolute Gasteiger partial charge is 0.281 e. The van der Waals surface area contributed by atoms with Gasteiger partial charge < -0.3 is 24.0 Å². The first-order valence-electron chi connectivity index (χ1n) is 14.9. The lowest BCUT2D eigenvalue weighted by atomic mass is 9.87. The molecule has 1 saturated heterocycles. The average molecular weight is 589 g/mol. The highest BCUT2D eigenvalue weighted by atomic mass is 28.3. The van der Waals surface area contributed by atoms with Crippen LogP contribution in [-0.4, -0.2) is 54.2 Å². The van der Waals surface area contributed by atoms with Crippen LogP contribution in [0.2, 0.25) is 25.7 Å². The number of ether oxygens (including phenoxy) is 2. The predicted octanol–water partition coefficient (Wildman–Crippen LogP) is 6.04. The monoisotopic (exact) mass is 588 g/mol. The highest BCUT2D eigenvalue weighted by Gasteiger charge is 2.35. The molecule has 3 heterocycles. The van der Waals surface area contributed by atoms with Crippen molar-refractivity contribution in [2.24, 2.45) is 0 Å². The lowest BCUT2D eigenvalue weighted by molar-refractivity contribution is 0.0806. The molecule has 1 fully saturated rings. The Kier molecular flexibility index (Phi) is 8.64. The third-order valence-electron chi connectivity index (χ3n) is 8.34. The minimum absolute atomic E-state index is 0.256. The molecule has 1 unspecified atom stereocenters. The Morgan fingerprint density at radius 2 is 1.67 bits per heavy atom. The van der Waals surface area contributed by atoms with Gasteiger partial charge >= 0.3 is 0 Å². The van der Waals surface area contributed by atoms with Crippen molar-refractivity contribution in [1.82, 2.24) is 14.2 Å². The van der Waals surface area contributed by atoms with Gasteiger partial charge in [0, 0.05) is 39.0 Å². The largest absolute Gasteiger partial charge is 0.497 e. The highest BCUT2D eigenvalue weighted by molar-refractivity contribution is 6.76. The predicted molar refractivity (Wildman–Crippen MR) is 171 cm³/mol. The molecule has 5 rings (SSSR count). The van der Waals surface area contributed by atoms with Gasteiger partial charge in [-0.2, -0.15) is 9.61 Å². The Hall–Kier alpha value is -3.40. The van der Waals surface area contributed by atoms with Crippen LogP contribution >= 0.6 is 0 Å². The van der Waals surface area contributed by atoms with E-state index in [4.69, 9.17) is 14.6 Å². The first kappa shape index (κ1) is 30.1. The van der Waals surface area contributed by atoms with E-state index >= 15 is 0 Å². The number of nitrogens with zero attached hydrogens (tertiary/aromatic N) is 4. The number of methoxy groups -OCH3 is 1. The summed E-state index contributed by atoms with van der Waals surface area (Å²) >= 11 is 0. The molecule has 42 heavy (non-hydrogen) atoms. The van der Waals surface area contributed by atoms with Gasteiger partial charge in [0.25, 0.3) is 5.56 Å². The molecule has 9 heteroatoms. The molecular weight excluding hydrogens is 544 g/mol. The molecular formula is C33H44N4O4Si. The van der Waals surface area contributed by atoms with Gasteiger partial charge in [-0.05, 0) is 56.9 Å². The van der Waals surface area contributed by atoms with E-state index in [-0.39, 0.29) is 17.9 Å². The molecule has 0 bridgehead atoms. The van der Waals surface area contributed by atoms with Gasteiger partial charge in [-0.15, -0.1) is 0 Å². The van der Waals surface area contributed by atoms with Crippen molar-refractivity contribution in [2.45, 2.75) is 71.1 Å². The summed E-state index contributed by atoms with van der Waals surface area (Å²) in [5.41, 5.74) is 3.01. The maximum atomic E-state index is 14.4. The minimum atomic E-state index is -1.58. The fourth-order valence-corrected chi connectivity index (χ4v) is 6.61. The van der Waals surface area contributed by atoms with Crippen molar-refractivity contribution < 1.29 is 14.6 Å². The minimum Gasteiger partial charge on any atom is -0.497 e. The summed E-state index contributed by atoms with van der Waals surface area (Å²) in [5, 5.41) is 17.0. The Balaban J connectivity index is 1.76. The molecule has 0 saturated carbocycles. The van der Waals surface area contributed by atoms with Crippen LogP contribution in [0, 0.1) is 6.92 Å². The van der Waals surface area contributed by atoms with E-state index < -0.39 is 13.7 Å². The summed E-state index contributed by atoms with van der Waals surface area (Å²) < 4.78 is 15.2. The number of hydrogen-bond acceptors (Lipinski definition) is 6. The van der Waals surface area contributed by atoms with Crippen molar-refractivity contribution in [3.8, 4) is 17.0 Å². The molecule has 1 aliphatic rings. The normalized spacial score (nSPS) is 15.6. The first-order chi connectivity index (χ1) is 20.0. The highest BCUT2D eigenvalue weighted by Crippen LogP contribution is 2.38. The van der Waals surface area contributed by atoms with Gasteiger partial charge in [0.15, 0.2) is 5.65 Å². The van der Waals surface area contributed by atoms with E-state index in [2.05, 4.69) is 24.5 Å². The second-order valence-corrected chi connectivity index (χ2v) is 18.3. The lowest BCUT2D eigenvalue weighted by Crippen LogP contribution is -2.37. The Morgan fingerprint density at radius 3 is 2.29 bits per heavy atom. The standard InChI is InChI=1S/C33H44N4O4Si/c1-24-28(33(2,39)26-15-17-27(40-3)18-16-26)32(38)37-31(36(24)23-41-21-22-42(4,5)6)30(35-19-11-8-12-20-35)29(34-37)25-13-9-7-10-14-25/h7,9-10,13-18,39H,8,11-12,19-23H2,1-6H3. The second kappa shape index (κ2) is 12.1. The average Bonchev–Trinajstić information content (AvgIpc) is 3.38. The van der Waals surface area contributed by atoms with E-state index in [0.29, 0.717) is 29.3 Å². The van der Waals surface area contributed by atoms with Crippen LogP contribution in [0.1, 0.15) is 43.0 Å². The molecule has 0 aliphatic carbocycles. The van der Waals surface area contributed by atoms with Crippen LogP contribution in [0.5, 0.6) is 5.75 Å². The maximum absolute atomic E-state index is 14.4. The van der Waals surface area contributed by atoms with E-state index in [9.17, 15) is 9.90 Å². The summed E-state index contributed by atoms with van der Waals surface area (Å²) in [4.78, 5) is 16.8. The summed E-state index contributed by atoms with van der Waals surface area (Å²) in [6, 6.07) is 18.3. The number of rotatable bonds is 10. The van der Waals surface area contributed by atoms with E-state index in [1.165, 1.54) is 10.9 Å². The molecule has 0 radical (unpaired) electrons. The molecule has 2 aromatic carbocycles. The van der Waals surface area contributed by atoms with Gasteiger partial charge in [-0.3, -0.25) is 4.79 Å². The maximum Gasteiger partial charge on any atom is 0.281 e. The van der Waals surface area contributed by atoms with E-state index in [1.807, 2.05) is 41.8 Å². The van der Waals surface area contributed by atoms with Crippen molar-refractivity contribution in [2.75, 3.05) is 31.7 Å². The van der Waals surface area contributed by atoms with Crippen molar-refractivity contribution >= 4 is 19.4 Å². The first-order valence-corrected chi connectivity index (χ1v) is 18.7. The van der Waals surface area contributed by atoms with Gasteiger partial charge in [0.05, 0.1) is 12.7 Å². The Bertz CT molecular complexity index is 1580. The van der Waals surface area contributed by atoms with Crippen LogP contribution in [-0.2, 0) is 17.1 Å². The van der Waals surface area contributed by atoms with Gasteiger partial charge in [0.1, 0.15) is 29.5 Å². The molecule has 1 aliphatic heterocycles. The molecule has 8 nitrogen and oxygen atoms in total. The van der Waals surface area contributed by atoms with Crippen LogP contribution in [0.4, 0.5) is 5.69 Å². The number of benzene rings is 2. The quantitative estimate of drug-likeness (QED) is 0.180. The molecule has 4 aromatic rings. The topological polar surface area (TPSA) is 81.2 Å². The third-order valence-corrected chi connectivity index (χ3v) is 10.0. The number of hydrogen-bond donors (Lipinski definition) is 1. The second-order valence-electron chi connectivity index (χ2n) is 12.7. The van der Waals surface area contributed by atoms with Crippen LogP contribution in [0.25, 0.3) is 16.9 Å². The zero-order chi connectivity index (χ0) is 30.1. The molecule has 2 aromatic heterocycles. The molecule has 224 valence electrons. The van der Waals surface area contributed by atoms with Crippen molar-refractivity contribution in [3.63, 3.8) is 0 Å². The SMILES string of the molecule is COc1ccc(C(C)(O)c2c(C)n(COCC[Si](C)(C)C)c3c(N4CCCCC4)c(-c4ccccc4)nn3c2=O)cc1. The van der Waals surface area contributed by atoms with Crippen molar-refractivity contribution in [1.29, 1.82) is 0 Å². The zero-order valence-corrected chi connectivity index (χ0v) is 26.8. The summed E-state index contributed by atoms with van der Waals surface area (Å²) in [7, 11) is 0.303. The number of aliphatic hydroxyl groups is 1. The number of piperidine rings is 1. The van der Waals surface area contributed by atoms with Gasteiger partial charge in [0.2, 0.25) is 0 Å². The summed E-state index contributed by atoms with van der Waals surface area (Å²) in [6.07, 6.45) is 3.37. The van der Waals surface area contributed by atoms with Crippen LogP contribution < -0.4 is 15.2 Å². The number of anilines is 1. The summed E-state index contributed by atoms with van der Waals surface area (Å²) in [6.45, 7) is 13.3. The molecule has 0 spiro atoms. The fraction of sp³-hybridized carbons (Fsp3) is 0.455. The molecule has 0 amide bonds. The summed E-state index contributed by atoms with van der Waals surface area (Å²) in [5.74, 6) is 0.681. The fourth-order valence-electron chi connectivity index (χ4n) is 5.85. The molecule has 1 N–H and O–H groups in total. The Labute approximate surface area is 249 Å². The van der Waals surface area contributed by atoms with E-state index in [0.717, 1.165) is 48.9 Å². The third kappa shape index (κ3) is 5.91. The lowest BCUT2D eigenvalue weighted by Gasteiger charge is -2.31. The zero-order valence-electron chi connectivity index (χ0n) is 25.8. The number of aromatic nitrogens is 3. The Morgan fingerprint density at radius 1 is 1.00 bits per heavy atom. The van der Waals surface area contributed by atoms with Crippen molar-refractivity contribution in [3.05, 3.63) is 81.8 Å². The van der Waals surface area contributed by atoms with E-state index in [1.54, 1.807) is 38.3 Å². The van der Waals surface area contributed by atoms with Gasteiger partial charge in [-0.1, -0.05) is 62.1 Å². The van der Waals surface area contributed by atoms with Gasteiger partial charge in [-0.25, -0.2) is 0 Å². The van der Waals surface area contributed by atoms with Crippen LogP contribution in [0.3, 0.4) is 0 Å².